The van der Waals surface area contributed by atoms with Crippen LogP contribution in [-0.2, 0) is 19.0 Å². The topological polar surface area (TPSA) is 65.1 Å². The predicted octanol–water partition coefficient (Wildman–Crippen LogP) is 1.49. The Morgan fingerprint density at radius 1 is 1.04 bits per heavy atom. The van der Waals surface area contributed by atoms with E-state index >= 15 is 0 Å². The van der Waals surface area contributed by atoms with E-state index in [9.17, 15) is 9.59 Å². The van der Waals surface area contributed by atoms with Crippen molar-refractivity contribution in [2.24, 2.45) is 5.92 Å². The van der Waals surface area contributed by atoms with Crippen LogP contribution < -0.4 is 0 Å². The molecule has 2 fully saturated rings. The highest BCUT2D eigenvalue weighted by atomic mass is 16.6. The Bertz CT molecular complexity index is 605. The minimum Gasteiger partial charge on any atom is -0.469 e. The third-order valence-corrected chi connectivity index (χ3v) is 5.28. The predicted molar refractivity (Wildman–Crippen MR) is 86.5 cm³/mol. The summed E-state index contributed by atoms with van der Waals surface area (Å²) < 4.78 is 16.3. The SMILES string of the molecule is COC(=O)[C@@H]1[C@@H](OC(=O)c2ccccc2)C[C@@H]2[C@H](OC)C[C@H]1N2C. The van der Waals surface area contributed by atoms with Crippen LogP contribution in [-0.4, -0.2) is 62.4 Å². The summed E-state index contributed by atoms with van der Waals surface area (Å²) in [4.78, 5) is 26.9. The van der Waals surface area contributed by atoms with Gasteiger partial charge in [0.15, 0.2) is 0 Å². The standard InChI is InChI=1S/C18H23NO5/c1-19-12-9-15(24-17(20)11-7-5-4-6-8-11)16(18(21)23-3)13(19)10-14(12)22-2/h4-8,12-16H,9-10H2,1-3H3/t12-,13-,14-,15+,16+/m1/s1. The van der Waals surface area contributed by atoms with Crippen LogP contribution in [0.15, 0.2) is 30.3 Å². The normalized spacial score (nSPS) is 32.4. The molecule has 6 nitrogen and oxygen atoms in total. The molecule has 2 aliphatic rings. The third-order valence-electron chi connectivity index (χ3n) is 5.28. The van der Waals surface area contributed by atoms with Gasteiger partial charge in [0, 0.05) is 25.6 Å². The van der Waals surface area contributed by atoms with Crippen LogP contribution in [0.2, 0.25) is 0 Å². The number of likely N-dealkylation sites (N-methyl/N-ethyl adjacent to an activating group) is 1. The van der Waals surface area contributed by atoms with Gasteiger partial charge in [-0.3, -0.25) is 9.69 Å². The molecule has 1 aromatic rings. The Morgan fingerprint density at radius 3 is 2.33 bits per heavy atom. The van der Waals surface area contributed by atoms with E-state index in [-0.39, 0.29) is 24.2 Å². The molecule has 24 heavy (non-hydrogen) atoms. The van der Waals surface area contributed by atoms with E-state index in [0.717, 1.165) is 6.42 Å². The van der Waals surface area contributed by atoms with Crippen LogP contribution in [0.25, 0.3) is 0 Å². The summed E-state index contributed by atoms with van der Waals surface area (Å²) in [6, 6.07) is 8.91. The fourth-order valence-corrected chi connectivity index (χ4v) is 4.02. The number of rotatable bonds is 4. The first-order valence-electron chi connectivity index (χ1n) is 8.15. The average Bonchev–Trinajstić information content (AvgIpc) is 2.81. The number of hydrogen-bond acceptors (Lipinski definition) is 6. The maximum absolute atomic E-state index is 12.4. The number of carbonyl (C=O) groups is 2. The largest absolute Gasteiger partial charge is 0.469 e. The molecule has 2 bridgehead atoms. The Hall–Kier alpha value is -1.92. The summed E-state index contributed by atoms with van der Waals surface area (Å²) >= 11 is 0. The highest BCUT2D eigenvalue weighted by Crippen LogP contribution is 2.41. The smallest absolute Gasteiger partial charge is 0.338 e. The fourth-order valence-electron chi connectivity index (χ4n) is 4.02. The van der Waals surface area contributed by atoms with Crippen molar-refractivity contribution in [1.82, 2.24) is 4.90 Å². The Balaban J connectivity index is 1.83. The van der Waals surface area contributed by atoms with Gasteiger partial charge < -0.3 is 14.2 Å². The van der Waals surface area contributed by atoms with E-state index in [4.69, 9.17) is 14.2 Å². The molecule has 3 rings (SSSR count). The molecule has 0 aliphatic carbocycles. The lowest BCUT2D eigenvalue weighted by atomic mass is 9.87. The zero-order valence-electron chi connectivity index (χ0n) is 14.2. The van der Waals surface area contributed by atoms with Crippen LogP contribution in [0, 0.1) is 5.92 Å². The van der Waals surface area contributed by atoms with Crippen molar-refractivity contribution in [3.63, 3.8) is 0 Å². The van der Waals surface area contributed by atoms with Gasteiger partial charge in [0.2, 0.25) is 0 Å². The first kappa shape index (κ1) is 16.9. The van der Waals surface area contributed by atoms with E-state index in [0.29, 0.717) is 12.0 Å². The number of hydrogen-bond donors (Lipinski definition) is 0. The molecule has 2 heterocycles. The number of benzene rings is 1. The van der Waals surface area contributed by atoms with E-state index in [1.54, 1.807) is 31.4 Å². The van der Waals surface area contributed by atoms with Gasteiger partial charge in [0.05, 0.1) is 18.8 Å². The monoisotopic (exact) mass is 333 g/mol. The fraction of sp³-hybridized carbons (Fsp3) is 0.556. The van der Waals surface area contributed by atoms with Gasteiger partial charge in [-0.2, -0.15) is 0 Å². The summed E-state index contributed by atoms with van der Waals surface area (Å²) in [5, 5.41) is 0. The van der Waals surface area contributed by atoms with Crippen molar-refractivity contribution in [2.45, 2.75) is 37.1 Å². The Kier molecular flexibility index (Phi) is 4.87. The van der Waals surface area contributed by atoms with Gasteiger partial charge in [-0.25, -0.2) is 4.79 Å². The van der Waals surface area contributed by atoms with Gasteiger partial charge in [-0.1, -0.05) is 18.2 Å². The van der Waals surface area contributed by atoms with E-state index in [2.05, 4.69) is 4.90 Å². The molecule has 0 radical (unpaired) electrons. The highest BCUT2D eigenvalue weighted by molar-refractivity contribution is 5.89. The van der Waals surface area contributed by atoms with Gasteiger partial charge in [0.1, 0.15) is 12.0 Å². The van der Waals surface area contributed by atoms with Gasteiger partial charge in [-0.15, -0.1) is 0 Å². The quantitative estimate of drug-likeness (QED) is 0.778. The molecule has 2 aliphatic heterocycles. The lowest BCUT2D eigenvalue weighted by Gasteiger charge is -2.40. The summed E-state index contributed by atoms with van der Waals surface area (Å²) in [6.45, 7) is 0. The van der Waals surface area contributed by atoms with Crippen molar-refractivity contribution < 1.29 is 23.8 Å². The van der Waals surface area contributed by atoms with E-state index in [1.807, 2.05) is 13.1 Å². The van der Waals surface area contributed by atoms with Crippen molar-refractivity contribution >= 4 is 11.9 Å². The van der Waals surface area contributed by atoms with Crippen LogP contribution in [0.4, 0.5) is 0 Å². The number of ether oxygens (including phenoxy) is 3. The maximum atomic E-state index is 12.4. The molecular weight excluding hydrogens is 310 g/mol. The summed E-state index contributed by atoms with van der Waals surface area (Å²) in [7, 11) is 5.03. The first-order valence-corrected chi connectivity index (χ1v) is 8.15. The molecule has 130 valence electrons. The number of esters is 2. The number of fused-ring (bicyclic) bond motifs is 2. The minimum absolute atomic E-state index is 0.0348. The number of methoxy groups -OCH3 is 2. The lowest BCUT2D eigenvalue weighted by molar-refractivity contribution is -0.156. The molecule has 0 unspecified atom stereocenters. The minimum atomic E-state index is -0.503. The van der Waals surface area contributed by atoms with Crippen LogP contribution in [0.5, 0.6) is 0 Å². The molecule has 5 atom stereocenters. The van der Waals surface area contributed by atoms with E-state index < -0.39 is 18.0 Å². The zero-order valence-corrected chi connectivity index (χ0v) is 14.2. The van der Waals surface area contributed by atoms with Crippen LogP contribution >= 0.6 is 0 Å². The molecule has 0 N–H and O–H groups in total. The van der Waals surface area contributed by atoms with Crippen LogP contribution in [0.3, 0.4) is 0 Å². The Morgan fingerprint density at radius 2 is 1.71 bits per heavy atom. The van der Waals surface area contributed by atoms with Crippen molar-refractivity contribution in [2.75, 3.05) is 21.3 Å². The zero-order chi connectivity index (χ0) is 17.3. The van der Waals surface area contributed by atoms with Gasteiger partial charge in [-0.05, 0) is 25.6 Å². The third kappa shape index (κ3) is 2.91. The Labute approximate surface area is 141 Å². The average molecular weight is 333 g/mol. The number of piperidine rings is 1. The second-order valence-corrected chi connectivity index (χ2v) is 6.40. The van der Waals surface area contributed by atoms with Gasteiger partial charge >= 0.3 is 11.9 Å². The molecule has 0 spiro atoms. The molecule has 0 saturated carbocycles. The molecule has 2 saturated heterocycles. The number of carbonyl (C=O) groups excluding carboxylic acids is 2. The molecule has 6 heteroatoms. The summed E-state index contributed by atoms with van der Waals surface area (Å²) in [5.41, 5.74) is 0.482. The van der Waals surface area contributed by atoms with E-state index in [1.165, 1.54) is 7.11 Å². The molecule has 0 amide bonds. The maximum Gasteiger partial charge on any atom is 0.338 e. The second-order valence-electron chi connectivity index (χ2n) is 6.40. The summed E-state index contributed by atoms with van der Waals surface area (Å²) in [5.74, 6) is -1.25. The molecule has 0 aromatic heterocycles. The van der Waals surface area contributed by atoms with Crippen molar-refractivity contribution in [3.8, 4) is 0 Å². The molecule has 1 aromatic carbocycles. The summed E-state index contributed by atoms with van der Waals surface area (Å²) in [6.07, 6.45) is 0.824. The second kappa shape index (κ2) is 6.91. The number of nitrogens with zero attached hydrogens (tertiary/aromatic N) is 1. The van der Waals surface area contributed by atoms with Gasteiger partial charge in [0.25, 0.3) is 0 Å². The van der Waals surface area contributed by atoms with Crippen molar-refractivity contribution in [3.05, 3.63) is 35.9 Å². The van der Waals surface area contributed by atoms with Crippen LogP contribution in [0.1, 0.15) is 23.2 Å². The first-order chi connectivity index (χ1) is 11.6. The molecular formula is C18H23NO5. The lowest BCUT2D eigenvalue weighted by Crippen LogP contribution is -2.54. The highest BCUT2D eigenvalue weighted by Gasteiger charge is 2.55. The van der Waals surface area contributed by atoms with Crippen molar-refractivity contribution in [1.29, 1.82) is 0 Å².